The summed E-state index contributed by atoms with van der Waals surface area (Å²) < 4.78 is 4.98. The highest BCUT2D eigenvalue weighted by molar-refractivity contribution is 6.27. The van der Waals surface area contributed by atoms with Gasteiger partial charge in [-0.3, -0.25) is 0 Å². The van der Waals surface area contributed by atoms with Gasteiger partial charge in [-0.25, -0.2) is 0 Å². The highest BCUT2D eigenvalue weighted by Gasteiger charge is 2.22. The van der Waals surface area contributed by atoms with Gasteiger partial charge < -0.3 is 9.13 Å². The molecule has 0 saturated carbocycles. The maximum Gasteiger partial charge on any atom is 0.0541 e. The molecule has 0 saturated heterocycles. The fourth-order valence-corrected chi connectivity index (χ4v) is 10.1. The van der Waals surface area contributed by atoms with Crippen LogP contribution in [0.3, 0.4) is 0 Å². The molecule has 0 bridgehead atoms. The minimum atomic E-state index is 0.0733. The zero-order valence-electron chi connectivity index (χ0n) is 35.1. The number of aromatic nitrogens is 2. The van der Waals surface area contributed by atoms with Crippen molar-refractivity contribution in [2.45, 2.75) is 52.9 Å². The zero-order valence-corrected chi connectivity index (χ0v) is 35.1. The van der Waals surface area contributed by atoms with E-state index in [-0.39, 0.29) is 5.41 Å². The largest absolute Gasteiger partial charge is 0.309 e. The van der Waals surface area contributed by atoms with Crippen LogP contribution >= 0.6 is 0 Å². The topological polar surface area (TPSA) is 9.86 Å². The van der Waals surface area contributed by atoms with E-state index in [2.05, 4.69) is 206 Å². The Labute approximate surface area is 352 Å². The summed E-state index contributed by atoms with van der Waals surface area (Å²) in [5.74, 6) is 0. The van der Waals surface area contributed by atoms with Crippen molar-refractivity contribution in [2.75, 3.05) is 0 Å². The molecule has 12 rings (SSSR count). The first-order valence-electron chi connectivity index (χ1n) is 21.7. The molecule has 0 atom stereocenters. The van der Waals surface area contributed by atoms with Crippen molar-refractivity contribution in [3.8, 4) is 33.6 Å². The lowest BCUT2D eigenvalue weighted by atomic mass is 9.84. The second-order valence-corrected chi connectivity index (χ2v) is 17.2. The predicted molar refractivity (Wildman–Crippen MR) is 260 cm³/mol. The Balaban J connectivity index is 0.00000201. The number of para-hydroxylation sites is 3. The van der Waals surface area contributed by atoms with E-state index >= 15 is 0 Å². The number of fused-ring (bicyclic) bond motifs is 6. The minimum Gasteiger partial charge on any atom is -0.309 e. The summed E-state index contributed by atoms with van der Waals surface area (Å²) in [7, 11) is 0. The van der Waals surface area contributed by atoms with E-state index < -0.39 is 0 Å². The first-order chi connectivity index (χ1) is 29.4. The van der Waals surface area contributed by atoms with E-state index in [4.69, 9.17) is 0 Å². The van der Waals surface area contributed by atoms with E-state index in [1.54, 1.807) is 0 Å². The van der Waals surface area contributed by atoms with Gasteiger partial charge in [0.2, 0.25) is 0 Å². The molecular weight excluding hydrogens is 725 g/mol. The van der Waals surface area contributed by atoms with Gasteiger partial charge in [-0.05, 0) is 126 Å². The lowest BCUT2D eigenvalue weighted by Gasteiger charge is -2.21. The van der Waals surface area contributed by atoms with Crippen LogP contribution in [0.1, 0.15) is 57.9 Å². The summed E-state index contributed by atoms with van der Waals surface area (Å²) in [6.45, 7) is 10.9. The molecule has 2 aromatic heterocycles. The molecule has 0 aliphatic heterocycles. The molecule has 2 heteroatoms. The van der Waals surface area contributed by atoms with Crippen LogP contribution < -0.4 is 0 Å². The van der Waals surface area contributed by atoms with Crippen molar-refractivity contribution in [3.63, 3.8) is 0 Å². The first kappa shape index (κ1) is 36.2. The van der Waals surface area contributed by atoms with Gasteiger partial charge in [0, 0.05) is 33.2 Å². The molecule has 2 heterocycles. The van der Waals surface area contributed by atoms with Gasteiger partial charge in [-0.1, -0.05) is 168 Å². The number of rotatable bonds is 4. The van der Waals surface area contributed by atoms with Crippen molar-refractivity contribution in [1.29, 1.82) is 0 Å². The summed E-state index contributed by atoms with van der Waals surface area (Å²) in [5.41, 5.74) is 15.2. The van der Waals surface area contributed by atoms with Gasteiger partial charge in [0.1, 0.15) is 0 Å². The normalized spacial score (nSPS) is 12.9. The molecule has 0 amide bonds. The van der Waals surface area contributed by atoms with Crippen LogP contribution in [0.15, 0.2) is 170 Å². The predicted octanol–water partition coefficient (Wildman–Crippen LogP) is 16.2. The van der Waals surface area contributed by atoms with Crippen molar-refractivity contribution < 1.29 is 0 Å². The van der Waals surface area contributed by atoms with Gasteiger partial charge in [0.25, 0.3) is 0 Å². The molecule has 0 radical (unpaired) electrons. The minimum absolute atomic E-state index is 0.0733. The Kier molecular flexibility index (Phi) is 8.36. The molecule has 1 aliphatic rings. The highest BCUT2D eigenvalue weighted by Crippen LogP contribution is 2.45. The molecule has 9 aromatic carbocycles. The molecule has 1 aliphatic carbocycles. The number of aryl methyl sites for hydroxylation is 1. The van der Waals surface area contributed by atoms with Crippen LogP contribution in [-0.4, -0.2) is 9.13 Å². The third-order valence-corrected chi connectivity index (χ3v) is 12.9. The van der Waals surface area contributed by atoms with Crippen molar-refractivity contribution in [3.05, 3.63) is 187 Å². The zero-order chi connectivity index (χ0) is 40.7. The van der Waals surface area contributed by atoms with Gasteiger partial charge in [-0.15, -0.1) is 0 Å². The Morgan fingerprint density at radius 2 is 0.983 bits per heavy atom. The van der Waals surface area contributed by atoms with Crippen LogP contribution in [0.5, 0.6) is 0 Å². The number of benzene rings is 9. The SMILES string of the molecule is CC.CC(C)(C)c1cccc(-c2ccc3ccc4c(-c5cc(-n6c7c(c8ccccc86)CCC=C7)cc(-n6c7ccccc7c7ccccc76)c5)ccc5ccc2c3c54)c1. The summed E-state index contributed by atoms with van der Waals surface area (Å²) in [6, 6.07) is 61.8. The smallest absolute Gasteiger partial charge is 0.0541 e. The molecular formula is C58H48N2. The van der Waals surface area contributed by atoms with Crippen LogP contribution in [0.4, 0.5) is 0 Å². The van der Waals surface area contributed by atoms with Crippen molar-refractivity contribution in [2.24, 2.45) is 0 Å². The van der Waals surface area contributed by atoms with E-state index in [0.29, 0.717) is 0 Å². The number of hydrogen-bond donors (Lipinski definition) is 0. The summed E-state index contributed by atoms with van der Waals surface area (Å²) in [4.78, 5) is 0. The second kappa shape index (κ2) is 13.9. The number of allylic oxidation sites excluding steroid dienone is 1. The average molecular weight is 773 g/mol. The Morgan fingerprint density at radius 1 is 0.450 bits per heavy atom. The number of nitrogens with zero attached hydrogens (tertiary/aromatic N) is 2. The average Bonchev–Trinajstić information content (AvgIpc) is 3.81. The van der Waals surface area contributed by atoms with Crippen molar-refractivity contribution >= 4 is 71.1 Å². The fraction of sp³-hybridized carbons (Fsp3) is 0.138. The molecule has 11 aromatic rings. The molecule has 0 unspecified atom stereocenters. The third-order valence-electron chi connectivity index (χ3n) is 12.9. The van der Waals surface area contributed by atoms with E-state index in [9.17, 15) is 0 Å². The van der Waals surface area contributed by atoms with Gasteiger partial charge >= 0.3 is 0 Å². The maximum atomic E-state index is 2.51. The summed E-state index contributed by atoms with van der Waals surface area (Å²) >= 11 is 0. The fourth-order valence-electron chi connectivity index (χ4n) is 10.1. The Morgan fingerprint density at radius 3 is 1.60 bits per heavy atom. The van der Waals surface area contributed by atoms with Crippen LogP contribution in [-0.2, 0) is 11.8 Å². The molecule has 0 fully saturated rings. The second-order valence-electron chi connectivity index (χ2n) is 17.2. The monoisotopic (exact) mass is 772 g/mol. The standard InChI is InChI=1S/C56H42N2.C2H6/c1-56(2,3)39-14-12-13-37(31-39)42-27-23-35-26-30-49-43(28-24-36-25-29-48(42)54(35)55(36)49)38-32-40(57-50-19-8-4-15-44(50)45-16-5-9-20-51(45)57)34-41(33-38)58-52-21-10-6-17-46(52)47-18-7-11-22-53(47)58;1-2/h4-6,8-17,19-34H,7,18H2,1-3H3;1-2H3. The van der Waals surface area contributed by atoms with E-state index in [1.165, 1.54) is 110 Å². The molecule has 0 spiro atoms. The Hall–Kier alpha value is -6.90. The highest BCUT2D eigenvalue weighted by atomic mass is 15.0. The van der Waals surface area contributed by atoms with Crippen molar-refractivity contribution in [1.82, 2.24) is 9.13 Å². The lowest BCUT2D eigenvalue weighted by Crippen LogP contribution is -2.10. The van der Waals surface area contributed by atoms with Gasteiger partial charge in [0.15, 0.2) is 0 Å². The van der Waals surface area contributed by atoms with Gasteiger partial charge in [0.05, 0.1) is 16.6 Å². The van der Waals surface area contributed by atoms with E-state index in [1.807, 2.05) is 13.8 Å². The maximum absolute atomic E-state index is 2.51. The van der Waals surface area contributed by atoms with Crippen LogP contribution in [0.25, 0.3) is 105 Å². The van der Waals surface area contributed by atoms with Gasteiger partial charge in [-0.2, -0.15) is 0 Å². The van der Waals surface area contributed by atoms with E-state index in [0.717, 1.165) is 18.5 Å². The van der Waals surface area contributed by atoms with Crippen LogP contribution in [0.2, 0.25) is 0 Å². The summed E-state index contributed by atoms with van der Waals surface area (Å²) in [6.07, 6.45) is 6.80. The Bertz CT molecular complexity index is 3440. The first-order valence-corrected chi connectivity index (χ1v) is 21.7. The molecule has 2 nitrogen and oxygen atoms in total. The summed E-state index contributed by atoms with van der Waals surface area (Å²) in [5, 5.41) is 11.7. The molecule has 290 valence electrons. The quantitative estimate of drug-likeness (QED) is 0.158. The van der Waals surface area contributed by atoms with Crippen LogP contribution in [0, 0.1) is 0 Å². The third kappa shape index (κ3) is 5.47. The number of hydrogen-bond acceptors (Lipinski definition) is 0. The molecule has 60 heavy (non-hydrogen) atoms. The molecule has 0 N–H and O–H groups in total. The lowest BCUT2D eigenvalue weighted by molar-refractivity contribution is 0.590.